The Balaban J connectivity index is 1.68. The Bertz CT molecular complexity index is 934. The van der Waals surface area contributed by atoms with Crippen LogP contribution in [-0.4, -0.2) is 63.2 Å². The van der Waals surface area contributed by atoms with Crippen LogP contribution in [-0.2, 0) is 22.5 Å². The predicted molar refractivity (Wildman–Crippen MR) is 123 cm³/mol. The van der Waals surface area contributed by atoms with Crippen molar-refractivity contribution in [2.45, 2.75) is 13.0 Å². The van der Waals surface area contributed by atoms with Gasteiger partial charge in [0, 0.05) is 63.6 Å². The van der Waals surface area contributed by atoms with Crippen LogP contribution in [0.1, 0.15) is 11.1 Å². The predicted octanol–water partition coefficient (Wildman–Crippen LogP) is 3.04. The molecule has 0 aliphatic heterocycles. The molecular formula is C24H32N4O2. The molecule has 2 aromatic carbocycles. The van der Waals surface area contributed by atoms with Crippen LogP contribution in [0.2, 0.25) is 0 Å². The van der Waals surface area contributed by atoms with Crippen molar-refractivity contribution in [2.75, 3.05) is 52.3 Å². The first-order valence-corrected chi connectivity index (χ1v) is 10.4. The minimum Gasteiger partial charge on any atom is -0.383 e. The lowest BCUT2D eigenvalue weighted by Crippen LogP contribution is -2.39. The van der Waals surface area contributed by atoms with Gasteiger partial charge in [-0.3, -0.25) is 4.79 Å². The number of rotatable bonds is 11. The summed E-state index contributed by atoms with van der Waals surface area (Å²) < 4.78 is 5.05. The van der Waals surface area contributed by atoms with Crippen LogP contribution in [0.25, 0.3) is 10.9 Å². The first-order valence-electron chi connectivity index (χ1n) is 10.4. The molecule has 1 amide bonds. The summed E-state index contributed by atoms with van der Waals surface area (Å²) in [4.78, 5) is 20.2. The van der Waals surface area contributed by atoms with Crippen LogP contribution >= 0.6 is 0 Å². The molecular weight excluding hydrogens is 376 g/mol. The molecule has 0 aliphatic rings. The van der Waals surface area contributed by atoms with E-state index in [1.807, 2.05) is 25.1 Å². The van der Waals surface area contributed by atoms with Crippen LogP contribution in [0.15, 0.2) is 54.7 Å². The number of nitrogens with one attached hydrogen (secondary N) is 2. The maximum absolute atomic E-state index is 12.9. The summed E-state index contributed by atoms with van der Waals surface area (Å²) in [6.07, 6.45) is 2.86. The van der Waals surface area contributed by atoms with Crippen LogP contribution in [0.3, 0.4) is 0 Å². The van der Waals surface area contributed by atoms with Crippen molar-refractivity contribution in [2.24, 2.45) is 0 Å². The Kier molecular flexibility index (Phi) is 7.88. The van der Waals surface area contributed by atoms with Gasteiger partial charge >= 0.3 is 0 Å². The molecule has 3 aromatic rings. The van der Waals surface area contributed by atoms with Gasteiger partial charge in [-0.05, 0) is 35.7 Å². The van der Waals surface area contributed by atoms with E-state index in [9.17, 15) is 4.79 Å². The van der Waals surface area contributed by atoms with Gasteiger partial charge in [-0.15, -0.1) is 0 Å². The van der Waals surface area contributed by atoms with E-state index in [-0.39, 0.29) is 5.91 Å². The number of amides is 1. The number of hydrogen-bond donors (Lipinski definition) is 2. The molecule has 2 N–H and O–H groups in total. The van der Waals surface area contributed by atoms with Crippen molar-refractivity contribution < 1.29 is 9.53 Å². The van der Waals surface area contributed by atoms with Gasteiger partial charge < -0.3 is 24.8 Å². The number of H-pyrrole nitrogens is 1. The molecule has 6 heteroatoms. The Morgan fingerprint density at radius 1 is 1.10 bits per heavy atom. The van der Waals surface area contributed by atoms with E-state index in [2.05, 4.69) is 63.9 Å². The van der Waals surface area contributed by atoms with Crippen LogP contribution in [0.4, 0.5) is 5.69 Å². The largest absolute Gasteiger partial charge is 0.383 e. The van der Waals surface area contributed by atoms with Crippen molar-refractivity contribution in [1.29, 1.82) is 0 Å². The van der Waals surface area contributed by atoms with E-state index in [0.29, 0.717) is 32.8 Å². The van der Waals surface area contributed by atoms with E-state index >= 15 is 0 Å². The number of anilines is 1. The molecule has 1 aromatic heterocycles. The molecule has 0 saturated carbocycles. The first-order chi connectivity index (χ1) is 14.6. The van der Waals surface area contributed by atoms with Crippen LogP contribution in [0, 0.1) is 0 Å². The molecule has 0 saturated heterocycles. The Morgan fingerprint density at radius 3 is 2.60 bits per heavy atom. The summed E-state index contributed by atoms with van der Waals surface area (Å²) >= 11 is 0. The van der Waals surface area contributed by atoms with Gasteiger partial charge in [0.05, 0.1) is 13.2 Å². The zero-order valence-corrected chi connectivity index (χ0v) is 18.1. The summed E-state index contributed by atoms with van der Waals surface area (Å²) in [5, 5.41) is 4.39. The minimum absolute atomic E-state index is 0.0997. The van der Waals surface area contributed by atoms with Gasteiger partial charge in [0.25, 0.3) is 0 Å². The van der Waals surface area contributed by atoms with Crippen LogP contribution in [0.5, 0.6) is 0 Å². The highest BCUT2D eigenvalue weighted by Crippen LogP contribution is 2.19. The normalized spacial score (nSPS) is 11.0. The number of aromatic nitrogens is 1. The van der Waals surface area contributed by atoms with Gasteiger partial charge in [0.2, 0.25) is 5.91 Å². The molecule has 0 bridgehead atoms. The molecule has 0 atom stereocenters. The zero-order valence-electron chi connectivity index (χ0n) is 18.1. The summed E-state index contributed by atoms with van der Waals surface area (Å²) in [5.41, 5.74) is 4.64. The zero-order chi connectivity index (χ0) is 21.3. The number of fused-ring (bicyclic) bond motifs is 1. The fraction of sp³-hybridized carbons (Fsp3) is 0.375. The molecule has 1 heterocycles. The van der Waals surface area contributed by atoms with Crippen molar-refractivity contribution in [1.82, 2.24) is 15.2 Å². The van der Waals surface area contributed by atoms with Crippen molar-refractivity contribution in [3.05, 3.63) is 65.9 Å². The lowest BCUT2D eigenvalue weighted by molar-refractivity contribution is -0.130. The molecule has 6 nitrogen and oxygen atoms in total. The van der Waals surface area contributed by atoms with Gasteiger partial charge in [-0.1, -0.05) is 30.3 Å². The lowest BCUT2D eigenvalue weighted by atomic mass is 10.1. The van der Waals surface area contributed by atoms with E-state index in [1.54, 1.807) is 7.11 Å². The van der Waals surface area contributed by atoms with E-state index in [1.165, 1.54) is 10.9 Å². The minimum atomic E-state index is 0.0997. The van der Waals surface area contributed by atoms with Gasteiger partial charge in [-0.2, -0.15) is 0 Å². The molecule has 0 unspecified atom stereocenters. The molecule has 0 spiro atoms. The summed E-state index contributed by atoms with van der Waals surface area (Å²) in [5.74, 6) is 0.0997. The molecule has 0 radical (unpaired) electrons. The lowest BCUT2D eigenvalue weighted by Gasteiger charge is -2.24. The van der Waals surface area contributed by atoms with Gasteiger partial charge in [0.1, 0.15) is 0 Å². The SMILES string of the molecule is COCCNCC(=O)N(CCc1c[nH]c2ccccc12)Cc1ccc(N(C)C)cc1. The second kappa shape index (κ2) is 10.8. The topological polar surface area (TPSA) is 60.6 Å². The third-order valence-corrected chi connectivity index (χ3v) is 5.26. The molecule has 0 fully saturated rings. The summed E-state index contributed by atoms with van der Waals surface area (Å²) in [6.45, 7) is 2.83. The second-order valence-electron chi connectivity index (χ2n) is 7.66. The van der Waals surface area contributed by atoms with Crippen molar-refractivity contribution >= 4 is 22.5 Å². The third-order valence-electron chi connectivity index (χ3n) is 5.26. The van der Waals surface area contributed by atoms with Crippen LogP contribution < -0.4 is 10.2 Å². The number of nitrogens with zero attached hydrogens (tertiary/aromatic N) is 2. The van der Waals surface area contributed by atoms with E-state index < -0.39 is 0 Å². The van der Waals surface area contributed by atoms with Crippen molar-refractivity contribution in [3.8, 4) is 0 Å². The number of hydrogen-bond acceptors (Lipinski definition) is 4. The van der Waals surface area contributed by atoms with E-state index in [0.717, 1.165) is 23.2 Å². The number of carbonyl (C=O) groups is 1. The fourth-order valence-electron chi connectivity index (χ4n) is 3.49. The summed E-state index contributed by atoms with van der Waals surface area (Å²) in [6, 6.07) is 16.7. The molecule has 0 aliphatic carbocycles. The Labute approximate surface area is 178 Å². The molecule has 160 valence electrons. The number of carbonyl (C=O) groups excluding carboxylic acids is 1. The van der Waals surface area contributed by atoms with Crippen molar-refractivity contribution in [3.63, 3.8) is 0 Å². The smallest absolute Gasteiger partial charge is 0.236 e. The third kappa shape index (κ3) is 5.84. The monoisotopic (exact) mass is 408 g/mol. The maximum atomic E-state index is 12.9. The number of ether oxygens (including phenoxy) is 1. The number of para-hydroxylation sites is 1. The number of aromatic amines is 1. The molecule has 30 heavy (non-hydrogen) atoms. The van der Waals surface area contributed by atoms with Gasteiger partial charge in [-0.25, -0.2) is 0 Å². The second-order valence-corrected chi connectivity index (χ2v) is 7.66. The van der Waals surface area contributed by atoms with Gasteiger partial charge in [0.15, 0.2) is 0 Å². The number of benzene rings is 2. The summed E-state index contributed by atoms with van der Waals surface area (Å²) in [7, 11) is 5.71. The first kappa shape index (κ1) is 21.9. The molecule has 3 rings (SSSR count). The highest BCUT2D eigenvalue weighted by Gasteiger charge is 2.15. The quantitative estimate of drug-likeness (QED) is 0.479. The van der Waals surface area contributed by atoms with E-state index in [4.69, 9.17) is 4.74 Å². The maximum Gasteiger partial charge on any atom is 0.236 e. The highest BCUT2D eigenvalue weighted by atomic mass is 16.5. The Morgan fingerprint density at radius 2 is 1.87 bits per heavy atom. The standard InChI is InChI=1S/C24H32N4O2/c1-27(2)21-10-8-19(9-11-21)18-28(24(29)17-25-13-15-30-3)14-12-20-16-26-23-7-5-4-6-22(20)23/h4-11,16,25-26H,12-15,17-18H2,1-3H3. The fourth-order valence-corrected chi connectivity index (χ4v) is 3.49. The average molecular weight is 409 g/mol. The number of methoxy groups -OCH3 is 1. The highest BCUT2D eigenvalue weighted by molar-refractivity contribution is 5.83. The Hall–Kier alpha value is -2.83. The average Bonchev–Trinajstić information content (AvgIpc) is 3.17.